The molecule has 0 aliphatic heterocycles. The zero-order valence-corrected chi connectivity index (χ0v) is 14.1. The molecule has 1 aliphatic carbocycles. The average Bonchev–Trinajstić information content (AvgIpc) is 2.35. The van der Waals surface area contributed by atoms with Crippen molar-refractivity contribution in [1.82, 2.24) is 4.90 Å². The van der Waals surface area contributed by atoms with Crippen LogP contribution in [0.25, 0.3) is 0 Å². The first-order chi connectivity index (χ1) is 9.97. The van der Waals surface area contributed by atoms with Crippen LogP contribution in [0.15, 0.2) is 0 Å². The van der Waals surface area contributed by atoms with E-state index in [4.69, 9.17) is 4.74 Å². The van der Waals surface area contributed by atoms with Crippen molar-refractivity contribution in [1.29, 1.82) is 0 Å². The molecule has 126 valence electrons. The second kappa shape index (κ2) is 6.67. The summed E-state index contributed by atoms with van der Waals surface area (Å²) in [6, 6.07) is -0.177. The van der Waals surface area contributed by atoms with Gasteiger partial charge in [0.1, 0.15) is 11.4 Å². The van der Waals surface area contributed by atoms with Gasteiger partial charge >= 0.3 is 12.1 Å². The van der Waals surface area contributed by atoms with Crippen LogP contribution >= 0.6 is 0 Å². The number of carbonyl (C=O) groups is 3. The molecule has 0 heterocycles. The first-order valence-corrected chi connectivity index (χ1v) is 7.71. The number of hydrogen-bond donors (Lipinski definition) is 1. The van der Waals surface area contributed by atoms with Gasteiger partial charge in [0, 0.05) is 25.4 Å². The number of hydrogen-bond acceptors (Lipinski definition) is 4. The van der Waals surface area contributed by atoms with Gasteiger partial charge in [-0.25, -0.2) is 4.79 Å². The fraction of sp³-hybridized carbons (Fsp3) is 0.812. The van der Waals surface area contributed by atoms with E-state index in [1.54, 1.807) is 20.8 Å². The highest BCUT2D eigenvalue weighted by atomic mass is 16.6. The van der Waals surface area contributed by atoms with Gasteiger partial charge in [-0.05, 0) is 47.5 Å². The molecule has 0 bridgehead atoms. The van der Waals surface area contributed by atoms with Gasteiger partial charge in [-0.2, -0.15) is 0 Å². The number of amides is 1. The molecule has 1 rings (SSSR count). The molecule has 0 radical (unpaired) electrons. The Balaban J connectivity index is 2.94. The van der Waals surface area contributed by atoms with Crippen LogP contribution in [0.5, 0.6) is 0 Å². The average molecular weight is 313 g/mol. The Kier molecular flexibility index (Phi) is 5.59. The van der Waals surface area contributed by atoms with E-state index >= 15 is 0 Å². The number of carboxylic acid groups (broad SMARTS) is 1. The number of aliphatic carboxylic acids is 1. The maximum atomic E-state index is 12.3. The number of rotatable bonds is 4. The Bertz CT molecular complexity index is 440. The summed E-state index contributed by atoms with van der Waals surface area (Å²) in [6.45, 7) is 9.05. The van der Waals surface area contributed by atoms with E-state index in [-0.39, 0.29) is 44.1 Å². The lowest BCUT2D eigenvalue weighted by Crippen LogP contribution is -2.51. The van der Waals surface area contributed by atoms with Gasteiger partial charge in [0.05, 0.1) is 5.41 Å². The first kappa shape index (κ1) is 18.5. The van der Waals surface area contributed by atoms with Crippen molar-refractivity contribution >= 4 is 17.8 Å². The summed E-state index contributed by atoms with van der Waals surface area (Å²) < 4.78 is 5.38. The number of ketones is 1. The molecule has 0 saturated heterocycles. The van der Waals surface area contributed by atoms with Gasteiger partial charge in [0.2, 0.25) is 0 Å². The largest absolute Gasteiger partial charge is 0.481 e. The smallest absolute Gasteiger partial charge is 0.410 e. The molecule has 22 heavy (non-hydrogen) atoms. The summed E-state index contributed by atoms with van der Waals surface area (Å²) in [5.41, 5.74) is -1.70. The molecule has 1 N–H and O–H groups in total. The molecule has 0 aromatic rings. The zero-order valence-electron chi connectivity index (χ0n) is 14.1. The van der Waals surface area contributed by atoms with E-state index in [0.29, 0.717) is 0 Å². The lowest BCUT2D eigenvalue weighted by Gasteiger charge is -2.39. The van der Waals surface area contributed by atoms with Crippen LogP contribution in [0.3, 0.4) is 0 Å². The normalized spacial score (nSPS) is 18.2. The summed E-state index contributed by atoms with van der Waals surface area (Å²) >= 11 is 0. The fourth-order valence-corrected chi connectivity index (χ4v) is 2.55. The molecule has 1 fully saturated rings. The lowest BCUT2D eigenvalue weighted by atomic mass is 9.73. The molecule has 0 atom stereocenters. The number of ether oxygens (including phenoxy) is 1. The highest BCUT2D eigenvalue weighted by Gasteiger charge is 2.44. The maximum absolute atomic E-state index is 12.3. The van der Waals surface area contributed by atoms with E-state index < -0.39 is 23.1 Å². The van der Waals surface area contributed by atoms with E-state index in [1.165, 1.54) is 4.90 Å². The fourth-order valence-electron chi connectivity index (χ4n) is 2.55. The van der Waals surface area contributed by atoms with Gasteiger partial charge in [0.15, 0.2) is 0 Å². The van der Waals surface area contributed by atoms with E-state index in [9.17, 15) is 19.5 Å². The maximum Gasteiger partial charge on any atom is 0.410 e. The van der Waals surface area contributed by atoms with Crippen molar-refractivity contribution in [2.45, 2.75) is 71.9 Å². The molecule has 1 aliphatic rings. The quantitative estimate of drug-likeness (QED) is 0.862. The summed E-state index contributed by atoms with van der Waals surface area (Å²) in [5, 5.41) is 9.63. The highest BCUT2D eigenvalue weighted by molar-refractivity contribution is 5.84. The predicted octanol–water partition coefficient (Wildman–Crippen LogP) is 2.85. The Morgan fingerprint density at radius 3 is 2.14 bits per heavy atom. The van der Waals surface area contributed by atoms with Gasteiger partial charge in [-0.1, -0.05) is 0 Å². The standard InChI is InChI=1S/C16H27NO5/c1-11(2)17(14(21)22-15(3,4)5)10-16(13(19)20)8-6-12(18)7-9-16/h11H,6-10H2,1-5H3,(H,19,20). The third kappa shape index (κ3) is 4.71. The van der Waals surface area contributed by atoms with Crippen LogP contribution in [0.2, 0.25) is 0 Å². The Morgan fingerprint density at radius 1 is 1.27 bits per heavy atom. The van der Waals surface area contributed by atoms with Gasteiger partial charge < -0.3 is 14.7 Å². The first-order valence-electron chi connectivity index (χ1n) is 7.71. The summed E-state index contributed by atoms with van der Waals surface area (Å²) in [4.78, 5) is 37.0. The summed E-state index contributed by atoms with van der Waals surface area (Å²) in [7, 11) is 0. The van der Waals surface area contributed by atoms with Crippen LogP contribution in [0.1, 0.15) is 60.3 Å². The Labute approximate surface area is 131 Å². The Hall–Kier alpha value is -1.59. The van der Waals surface area contributed by atoms with Crippen molar-refractivity contribution < 1.29 is 24.2 Å². The minimum atomic E-state index is -1.06. The molecule has 6 nitrogen and oxygen atoms in total. The molecule has 0 aromatic heterocycles. The second-order valence-electron chi connectivity index (χ2n) is 7.33. The van der Waals surface area contributed by atoms with E-state index in [0.717, 1.165) is 0 Å². The van der Waals surface area contributed by atoms with Gasteiger partial charge in [-0.3, -0.25) is 9.59 Å². The summed E-state index contributed by atoms with van der Waals surface area (Å²) in [5.74, 6) is -0.862. The van der Waals surface area contributed by atoms with Crippen LogP contribution in [0.4, 0.5) is 4.79 Å². The highest BCUT2D eigenvalue weighted by Crippen LogP contribution is 2.37. The SMILES string of the molecule is CC(C)N(CC1(C(=O)O)CCC(=O)CC1)C(=O)OC(C)(C)C. The topological polar surface area (TPSA) is 83.9 Å². The van der Waals surface area contributed by atoms with Crippen molar-refractivity contribution in [3.8, 4) is 0 Å². The van der Waals surface area contributed by atoms with Crippen LogP contribution in [-0.2, 0) is 14.3 Å². The molecule has 0 aromatic carbocycles. The Morgan fingerprint density at radius 2 is 1.77 bits per heavy atom. The molecule has 1 saturated carbocycles. The minimum absolute atomic E-state index is 0.0716. The van der Waals surface area contributed by atoms with E-state index in [1.807, 2.05) is 13.8 Å². The van der Waals surface area contributed by atoms with Crippen molar-refractivity contribution in [2.24, 2.45) is 5.41 Å². The second-order valence-corrected chi connectivity index (χ2v) is 7.33. The van der Waals surface area contributed by atoms with Crippen molar-refractivity contribution in [3.63, 3.8) is 0 Å². The molecule has 6 heteroatoms. The zero-order chi connectivity index (χ0) is 17.1. The minimum Gasteiger partial charge on any atom is -0.481 e. The van der Waals surface area contributed by atoms with Gasteiger partial charge in [0.25, 0.3) is 0 Å². The lowest BCUT2D eigenvalue weighted by molar-refractivity contribution is -0.153. The monoisotopic (exact) mass is 313 g/mol. The summed E-state index contributed by atoms with van der Waals surface area (Å²) in [6.07, 6.45) is 0.541. The molecule has 1 amide bonds. The van der Waals surface area contributed by atoms with Crippen molar-refractivity contribution in [2.75, 3.05) is 6.54 Å². The van der Waals surface area contributed by atoms with Crippen molar-refractivity contribution in [3.05, 3.63) is 0 Å². The number of nitrogens with zero attached hydrogens (tertiary/aromatic N) is 1. The predicted molar refractivity (Wildman–Crippen MR) is 81.6 cm³/mol. The van der Waals surface area contributed by atoms with Crippen LogP contribution in [-0.4, -0.2) is 46.0 Å². The van der Waals surface area contributed by atoms with Gasteiger partial charge in [-0.15, -0.1) is 0 Å². The van der Waals surface area contributed by atoms with Crippen LogP contribution < -0.4 is 0 Å². The molecule has 0 spiro atoms. The third-order valence-corrected chi connectivity index (χ3v) is 3.94. The molecular weight excluding hydrogens is 286 g/mol. The van der Waals surface area contributed by atoms with E-state index in [2.05, 4.69) is 0 Å². The molecular formula is C16H27NO5. The number of Topliss-reactive ketones (excluding diaryl/α,β-unsaturated/α-hetero) is 1. The number of carboxylic acids is 1. The van der Waals surface area contributed by atoms with Crippen LogP contribution in [0, 0.1) is 5.41 Å². The number of carbonyl (C=O) groups excluding carboxylic acids is 2. The molecule has 0 unspecified atom stereocenters. The third-order valence-electron chi connectivity index (χ3n) is 3.94.